The van der Waals surface area contributed by atoms with Crippen LogP contribution in [0.1, 0.15) is 35.7 Å². The van der Waals surface area contributed by atoms with Crippen molar-refractivity contribution >= 4 is 35.3 Å². The van der Waals surface area contributed by atoms with Crippen LogP contribution in [0.25, 0.3) is 22.9 Å². The minimum atomic E-state index is -4.34. The van der Waals surface area contributed by atoms with Gasteiger partial charge in [-0.1, -0.05) is 31.6 Å². The normalized spacial score (nSPS) is 13.5. The van der Waals surface area contributed by atoms with Crippen molar-refractivity contribution in [3.63, 3.8) is 0 Å². The molecule has 3 aromatic rings. The zero-order valence-electron chi connectivity index (χ0n) is 16.3. The standard InChI is InChI=1S/C23H20F3NO2.ClH/c1-2-3-16-14-27-20(9-6-15-4-7-17(8-5-15)23(24,25)26)19-13-22-21(12-18(16)19)28-10-11-29-22;/h4-9,12-14H,2-3,10-11H2,1H3;1H/b9-6+;. The number of hydrogen-bond donors (Lipinski definition) is 0. The number of alkyl halides is 3. The molecule has 30 heavy (non-hydrogen) atoms. The van der Waals surface area contributed by atoms with Gasteiger partial charge in [-0.15, -0.1) is 12.4 Å². The summed E-state index contributed by atoms with van der Waals surface area (Å²) in [5.74, 6) is 1.41. The lowest BCUT2D eigenvalue weighted by molar-refractivity contribution is -0.137. The van der Waals surface area contributed by atoms with Crippen LogP contribution < -0.4 is 9.47 Å². The van der Waals surface area contributed by atoms with Gasteiger partial charge in [0.25, 0.3) is 0 Å². The molecular weight excluding hydrogens is 415 g/mol. The molecule has 4 rings (SSSR count). The van der Waals surface area contributed by atoms with E-state index in [1.165, 1.54) is 12.1 Å². The number of benzene rings is 2. The van der Waals surface area contributed by atoms with Gasteiger partial charge in [-0.05, 0) is 53.3 Å². The number of halogens is 4. The SMILES string of the molecule is CCCc1cnc(/C=C/c2ccc(C(F)(F)F)cc2)c2cc3c(cc12)OCCO3.Cl. The maximum absolute atomic E-state index is 12.7. The largest absolute Gasteiger partial charge is 0.486 e. The lowest BCUT2D eigenvalue weighted by Crippen LogP contribution is -2.15. The first kappa shape index (κ1) is 22.0. The Morgan fingerprint density at radius 1 is 0.967 bits per heavy atom. The second kappa shape index (κ2) is 8.96. The fourth-order valence-corrected chi connectivity index (χ4v) is 3.41. The van der Waals surface area contributed by atoms with Crippen molar-refractivity contribution in [2.75, 3.05) is 13.2 Å². The van der Waals surface area contributed by atoms with E-state index in [9.17, 15) is 13.2 Å². The number of hydrogen-bond acceptors (Lipinski definition) is 3. The Bertz CT molecular complexity index is 1060. The highest BCUT2D eigenvalue weighted by Gasteiger charge is 2.29. The van der Waals surface area contributed by atoms with Crippen LogP contribution in [0.4, 0.5) is 13.2 Å². The zero-order chi connectivity index (χ0) is 20.4. The van der Waals surface area contributed by atoms with E-state index in [-0.39, 0.29) is 12.4 Å². The number of ether oxygens (including phenoxy) is 2. The predicted octanol–water partition coefficient (Wildman–Crippen LogP) is 6.57. The number of pyridine rings is 1. The topological polar surface area (TPSA) is 31.4 Å². The predicted molar refractivity (Wildman–Crippen MR) is 114 cm³/mol. The summed E-state index contributed by atoms with van der Waals surface area (Å²) in [5.41, 5.74) is 1.87. The van der Waals surface area contributed by atoms with Crippen LogP contribution in [0.5, 0.6) is 11.5 Å². The van der Waals surface area contributed by atoms with E-state index >= 15 is 0 Å². The van der Waals surface area contributed by atoms with Gasteiger partial charge in [0.2, 0.25) is 0 Å². The van der Waals surface area contributed by atoms with E-state index in [4.69, 9.17) is 9.47 Å². The molecule has 0 amide bonds. The van der Waals surface area contributed by atoms with Crippen molar-refractivity contribution in [2.24, 2.45) is 0 Å². The smallest absolute Gasteiger partial charge is 0.416 e. The van der Waals surface area contributed by atoms with Gasteiger partial charge in [0.05, 0.1) is 11.3 Å². The van der Waals surface area contributed by atoms with E-state index < -0.39 is 11.7 Å². The van der Waals surface area contributed by atoms with Crippen molar-refractivity contribution in [3.05, 3.63) is 65.0 Å². The molecule has 1 aliphatic rings. The molecule has 0 radical (unpaired) electrons. The Balaban J connectivity index is 0.00000256. The number of aryl methyl sites for hydroxylation is 1. The second-order valence-corrected chi connectivity index (χ2v) is 6.91. The van der Waals surface area contributed by atoms with Crippen LogP contribution in [0.15, 0.2) is 42.6 Å². The summed E-state index contributed by atoms with van der Waals surface area (Å²) >= 11 is 0. The number of aromatic nitrogens is 1. The van der Waals surface area contributed by atoms with Gasteiger partial charge in [-0.3, -0.25) is 4.98 Å². The third kappa shape index (κ3) is 4.54. The van der Waals surface area contributed by atoms with Crippen molar-refractivity contribution in [2.45, 2.75) is 25.9 Å². The molecule has 2 heterocycles. The van der Waals surface area contributed by atoms with Gasteiger partial charge in [0.15, 0.2) is 11.5 Å². The quantitative estimate of drug-likeness (QED) is 0.464. The fourth-order valence-electron chi connectivity index (χ4n) is 3.41. The first-order valence-electron chi connectivity index (χ1n) is 9.52. The summed E-state index contributed by atoms with van der Waals surface area (Å²) in [5, 5.41) is 1.99. The molecule has 0 fully saturated rings. The Kier molecular flexibility index (Phi) is 6.56. The molecule has 1 aliphatic heterocycles. The highest BCUT2D eigenvalue weighted by Crippen LogP contribution is 2.37. The minimum absolute atomic E-state index is 0. The first-order chi connectivity index (χ1) is 14.0. The Labute approximate surface area is 178 Å². The van der Waals surface area contributed by atoms with Gasteiger partial charge in [0.1, 0.15) is 13.2 Å². The van der Waals surface area contributed by atoms with Gasteiger partial charge in [0, 0.05) is 11.6 Å². The lowest BCUT2D eigenvalue weighted by atomic mass is 10.00. The van der Waals surface area contributed by atoms with Crippen LogP contribution in [-0.4, -0.2) is 18.2 Å². The maximum Gasteiger partial charge on any atom is 0.416 e. The van der Waals surface area contributed by atoms with E-state index in [1.807, 2.05) is 24.4 Å². The molecule has 0 saturated carbocycles. The molecule has 2 aromatic carbocycles. The highest BCUT2D eigenvalue weighted by atomic mass is 35.5. The molecule has 3 nitrogen and oxygen atoms in total. The summed E-state index contributed by atoms with van der Waals surface area (Å²) in [7, 11) is 0. The molecule has 0 unspecified atom stereocenters. The summed E-state index contributed by atoms with van der Waals surface area (Å²) in [6.45, 7) is 3.13. The molecule has 0 saturated heterocycles. The van der Waals surface area contributed by atoms with Crippen molar-refractivity contribution in [1.82, 2.24) is 4.98 Å². The van der Waals surface area contributed by atoms with Gasteiger partial charge in [-0.25, -0.2) is 0 Å². The molecule has 158 valence electrons. The van der Waals surface area contributed by atoms with E-state index in [0.717, 1.165) is 52.8 Å². The summed E-state index contributed by atoms with van der Waals surface area (Å²) in [6.07, 6.45) is 2.98. The van der Waals surface area contributed by atoms with E-state index in [2.05, 4.69) is 11.9 Å². The van der Waals surface area contributed by atoms with Crippen molar-refractivity contribution < 1.29 is 22.6 Å². The highest BCUT2D eigenvalue weighted by molar-refractivity contribution is 5.95. The molecule has 0 bridgehead atoms. The average molecular weight is 436 g/mol. The Morgan fingerprint density at radius 2 is 1.60 bits per heavy atom. The molecule has 1 aromatic heterocycles. The molecule has 7 heteroatoms. The van der Waals surface area contributed by atoms with Gasteiger partial charge < -0.3 is 9.47 Å². The van der Waals surface area contributed by atoms with Crippen LogP contribution in [0.3, 0.4) is 0 Å². The lowest BCUT2D eigenvalue weighted by Gasteiger charge is -2.20. The van der Waals surface area contributed by atoms with Crippen molar-refractivity contribution in [1.29, 1.82) is 0 Å². The number of rotatable bonds is 4. The number of nitrogens with zero attached hydrogens (tertiary/aromatic N) is 1. The first-order valence-corrected chi connectivity index (χ1v) is 9.52. The van der Waals surface area contributed by atoms with Gasteiger partial charge in [-0.2, -0.15) is 13.2 Å². The third-order valence-corrected chi connectivity index (χ3v) is 4.85. The number of fused-ring (bicyclic) bond motifs is 2. The molecule has 0 N–H and O–H groups in total. The van der Waals surface area contributed by atoms with Gasteiger partial charge >= 0.3 is 6.18 Å². The minimum Gasteiger partial charge on any atom is -0.486 e. The van der Waals surface area contributed by atoms with E-state index in [0.29, 0.717) is 24.5 Å². The summed E-state index contributed by atoms with van der Waals surface area (Å²) in [4.78, 5) is 4.58. The van der Waals surface area contributed by atoms with Crippen LogP contribution in [0, 0.1) is 0 Å². The molecular formula is C23H21ClF3NO2. The Hall–Kier alpha value is -2.73. The molecule has 0 aliphatic carbocycles. The summed E-state index contributed by atoms with van der Waals surface area (Å²) < 4.78 is 49.6. The van der Waals surface area contributed by atoms with Crippen LogP contribution in [0.2, 0.25) is 0 Å². The summed E-state index contributed by atoms with van der Waals surface area (Å²) in [6, 6.07) is 8.99. The molecule has 0 atom stereocenters. The monoisotopic (exact) mass is 435 g/mol. The fraction of sp³-hybridized carbons (Fsp3) is 0.261. The maximum atomic E-state index is 12.7. The second-order valence-electron chi connectivity index (χ2n) is 6.91. The Morgan fingerprint density at radius 3 is 2.20 bits per heavy atom. The molecule has 0 spiro atoms. The zero-order valence-corrected chi connectivity index (χ0v) is 17.1. The van der Waals surface area contributed by atoms with Crippen molar-refractivity contribution in [3.8, 4) is 11.5 Å². The average Bonchev–Trinajstić information content (AvgIpc) is 2.72. The van der Waals surface area contributed by atoms with Crippen LogP contribution >= 0.6 is 12.4 Å². The third-order valence-electron chi connectivity index (χ3n) is 4.85. The van der Waals surface area contributed by atoms with Crippen LogP contribution in [-0.2, 0) is 12.6 Å². The van der Waals surface area contributed by atoms with E-state index in [1.54, 1.807) is 6.08 Å².